The van der Waals surface area contributed by atoms with Crippen molar-refractivity contribution in [2.75, 3.05) is 20.1 Å². The van der Waals surface area contributed by atoms with E-state index in [1.807, 2.05) is 0 Å². The third-order valence-corrected chi connectivity index (χ3v) is 3.81. The van der Waals surface area contributed by atoms with Crippen LogP contribution in [0.1, 0.15) is 30.4 Å². The highest BCUT2D eigenvalue weighted by atomic mass is 16.4. The smallest absolute Gasteiger partial charge is 0.306 e. The fourth-order valence-corrected chi connectivity index (χ4v) is 2.57. The van der Waals surface area contributed by atoms with Crippen molar-refractivity contribution in [2.45, 2.75) is 25.7 Å². The summed E-state index contributed by atoms with van der Waals surface area (Å²) in [7, 11) is 2.16. The van der Waals surface area contributed by atoms with Crippen LogP contribution in [0.2, 0.25) is 0 Å². The second-order valence-corrected chi connectivity index (χ2v) is 5.43. The van der Waals surface area contributed by atoms with E-state index in [2.05, 4.69) is 36.2 Å². The highest BCUT2D eigenvalue weighted by Gasteiger charge is 2.21. The zero-order valence-corrected chi connectivity index (χ0v) is 11.1. The van der Waals surface area contributed by atoms with Gasteiger partial charge < -0.3 is 10.0 Å². The van der Waals surface area contributed by atoms with Crippen LogP contribution in [0, 0.1) is 5.92 Å². The maximum atomic E-state index is 10.8. The number of carboxylic acids is 1. The molecule has 2 atom stereocenters. The van der Waals surface area contributed by atoms with E-state index in [0.717, 1.165) is 12.1 Å². The molecule has 0 saturated carbocycles. The van der Waals surface area contributed by atoms with Crippen molar-refractivity contribution in [3.05, 3.63) is 35.4 Å². The van der Waals surface area contributed by atoms with Gasteiger partial charge in [0.25, 0.3) is 0 Å². The summed E-state index contributed by atoms with van der Waals surface area (Å²) in [6.45, 7) is 4.05. The van der Waals surface area contributed by atoms with Crippen LogP contribution in [-0.4, -0.2) is 36.1 Å². The number of rotatable bonds is 4. The van der Waals surface area contributed by atoms with Gasteiger partial charge >= 0.3 is 5.97 Å². The van der Waals surface area contributed by atoms with Gasteiger partial charge in [-0.1, -0.05) is 31.2 Å². The summed E-state index contributed by atoms with van der Waals surface area (Å²) in [5.74, 6) is -0.397. The van der Waals surface area contributed by atoms with Crippen LogP contribution >= 0.6 is 0 Å². The molecule has 98 valence electrons. The van der Waals surface area contributed by atoms with E-state index in [1.54, 1.807) is 6.92 Å². The molecule has 18 heavy (non-hydrogen) atoms. The molecule has 1 aromatic rings. The Morgan fingerprint density at radius 2 is 2.11 bits per heavy atom. The van der Waals surface area contributed by atoms with Gasteiger partial charge in [0.1, 0.15) is 0 Å². The summed E-state index contributed by atoms with van der Waals surface area (Å²) in [5, 5.41) is 8.89. The van der Waals surface area contributed by atoms with E-state index in [4.69, 9.17) is 5.11 Å². The van der Waals surface area contributed by atoms with Crippen LogP contribution in [0.25, 0.3) is 0 Å². The summed E-state index contributed by atoms with van der Waals surface area (Å²) in [5.41, 5.74) is 2.49. The van der Waals surface area contributed by atoms with Gasteiger partial charge in [-0.15, -0.1) is 0 Å². The summed E-state index contributed by atoms with van der Waals surface area (Å²) in [6, 6.07) is 8.47. The van der Waals surface area contributed by atoms with Gasteiger partial charge in [0.15, 0.2) is 0 Å². The Morgan fingerprint density at radius 3 is 2.61 bits per heavy atom. The molecule has 0 aliphatic carbocycles. The summed E-state index contributed by atoms with van der Waals surface area (Å²) >= 11 is 0. The highest BCUT2D eigenvalue weighted by Crippen LogP contribution is 2.26. The minimum absolute atomic E-state index is 0.312. The molecule has 1 N–H and O–H groups in total. The van der Waals surface area contributed by atoms with Gasteiger partial charge in [0.2, 0.25) is 0 Å². The second-order valence-electron chi connectivity index (χ2n) is 5.43. The third kappa shape index (κ3) is 3.10. The molecule has 0 aromatic heterocycles. The monoisotopic (exact) mass is 247 g/mol. The van der Waals surface area contributed by atoms with E-state index >= 15 is 0 Å². The van der Waals surface area contributed by atoms with E-state index < -0.39 is 5.97 Å². The lowest BCUT2D eigenvalue weighted by molar-refractivity contribution is -0.141. The summed E-state index contributed by atoms with van der Waals surface area (Å²) in [4.78, 5) is 13.2. The fourth-order valence-electron chi connectivity index (χ4n) is 2.57. The molecule has 1 saturated heterocycles. The Labute approximate surface area is 108 Å². The third-order valence-electron chi connectivity index (χ3n) is 3.81. The number of hydrogen-bond donors (Lipinski definition) is 1. The van der Waals surface area contributed by atoms with Gasteiger partial charge in [-0.3, -0.25) is 4.79 Å². The predicted octanol–water partition coefficient (Wildman–Crippen LogP) is 2.37. The lowest BCUT2D eigenvalue weighted by Crippen LogP contribution is -2.13. The summed E-state index contributed by atoms with van der Waals surface area (Å²) in [6.07, 6.45) is 1.83. The van der Waals surface area contributed by atoms with Gasteiger partial charge in [0, 0.05) is 6.54 Å². The Hall–Kier alpha value is -1.35. The maximum absolute atomic E-state index is 10.8. The molecule has 0 amide bonds. The standard InChI is InChI=1S/C15H21NO2/c1-11(15(17)18)9-12-3-5-13(6-4-12)14-7-8-16(2)10-14/h3-6,11,14H,7-10H2,1-2H3,(H,17,18). The second kappa shape index (κ2) is 5.53. The van der Waals surface area contributed by atoms with Crippen LogP contribution in [-0.2, 0) is 11.2 Å². The molecular weight excluding hydrogens is 226 g/mol. The molecule has 2 rings (SSSR count). The van der Waals surface area contributed by atoms with E-state index in [9.17, 15) is 4.79 Å². The van der Waals surface area contributed by atoms with Gasteiger partial charge in [-0.2, -0.15) is 0 Å². The average molecular weight is 247 g/mol. The first-order chi connectivity index (χ1) is 8.56. The maximum Gasteiger partial charge on any atom is 0.306 e. The van der Waals surface area contributed by atoms with Crippen molar-refractivity contribution in [3.8, 4) is 0 Å². The molecule has 1 aliphatic rings. The van der Waals surface area contributed by atoms with Crippen LogP contribution in [0.3, 0.4) is 0 Å². The van der Waals surface area contributed by atoms with Crippen molar-refractivity contribution in [1.29, 1.82) is 0 Å². The number of likely N-dealkylation sites (tertiary alicyclic amines) is 1. The molecule has 3 nitrogen and oxygen atoms in total. The lowest BCUT2D eigenvalue weighted by Gasteiger charge is -2.12. The van der Waals surface area contributed by atoms with Crippen LogP contribution in [0.15, 0.2) is 24.3 Å². The molecule has 2 unspecified atom stereocenters. The van der Waals surface area contributed by atoms with E-state index in [0.29, 0.717) is 12.3 Å². The first kappa shape index (κ1) is 13.1. The Kier molecular flexibility index (Phi) is 4.02. The molecule has 1 aromatic carbocycles. The Balaban J connectivity index is 1.99. The molecule has 1 aliphatic heterocycles. The number of hydrogen-bond acceptors (Lipinski definition) is 2. The molecule has 1 fully saturated rings. The van der Waals surface area contributed by atoms with Crippen molar-refractivity contribution >= 4 is 5.97 Å². The number of carboxylic acid groups (broad SMARTS) is 1. The minimum Gasteiger partial charge on any atom is -0.481 e. The fraction of sp³-hybridized carbons (Fsp3) is 0.533. The first-order valence-corrected chi connectivity index (χ1v) is 6.56. The van der Waals surface area contributed by atoms with Crippen molar-refractivity contribution in [1.82, 2.24) is 4.90 Å². The van der Waals surface area contributed by atoms with Crippen LogP contribution in [0.4, 0.5) is 0 Å². The van der Waals surface area contributed by atoms with Crippen molar-refractivity contribution in [3.63, 3.8) is 0 Å². The summed E-state index contributed by atoms with van der Waals surface area (Å²) < 4.78 is 0. The number of aliphatic carboxylic acids is 1. The highest BCUT2D eigenvalue weighted by molar-refractivity contribution is 5.69. The quantitative estimate of drug-likeness (QED) is 0.888. The van der Waals surface area contributed by atoms with Gasteiger partial charge in [0.05, 0.1) is 5.92 Å². The molecule has 0 bridgehead atoms. The molecule has 0 spiro atoms. The molecule has 0 radical (unpaired) electrons. The molecule has 3 heteroatoms. The molecule has 1 heterocycles. The zero-order valence-electron chi connectivity index (χ0n) is 11.1. The zero-order chi connectivity index (χ0) is 13.1. The molecular formula is C15H21NO2. The number of benzene rings is 1. The number of likely N-dealkylation sites (N-methyl/N-ethyl adjacent to an activating group) is 1. The largest absolute Gasteiger partial charge is 0.481 e. The lowest BCUT2D eigenvalue weighted by atomic mass is 9.95. The van der Waals surface area contributed by atoms with Gasteiger partial charge in [-0.25, -0.2) is 0 Å². The van der Waals surface area contributed by atoms with Gasteiger partial charge in [-0.05, 0) is 43.5 Å². The Morgan fingerprint density at radius 1 is 1.44 bits per heavy atom. The number of nitrogens with zero attached hydrogens (tertiary/aromatic N) is 1. The SMILES string of the molecule is CC(Cc1ccc(C2CCN(C)C2)cc1)C(=O)O. The van der Waals surface area contributed by atoms with E-state index in [-0.39, 0.29) is 5.92 Å². The van der Waals surface area contributed by atoms with E-state index in [1.165, 1.54) is 18.5 Å². The predicted molar refractivity (Wildman–Crippen MR) is 71.8 cm³/mol. The topological polar surface area (TPSA) is 40.5 Å². The van der Waals surface area contributed by atoms with Crippen LogP contribution in [0.5, 0.6) is 0 Å². The van der Waals surface area contributed by atoms with Crippen molar-refractivity contribution in [2.24, 2.45) is 5.92 Å². The van der Waals surface area contributed by atoms with Crippen LogP contribution < -0.4 is 0 Å². The Bertz CT molecular complexity index is 413. The normalized spacial score (nSPS) is 22.0. The van der Waals surface area contributed by atoms with Crippen molar-refractivity contribution < 1.29 is 9.90 Å². The average Bonchev–Trinajstić information content (AvgIpc) is 2.76. The number of carbonyl (C=O) groups is 1. The first-order valence-electron chi connectivity index (χ1n) is 6.56. The minimum atomic E-state index is -0.725.